The lowest BCUT2D eigenvalue weighted by molar-refractivity contribution is 0.0600. The van der Waals surface area contributed by atoms with Gasteiger partial charge in [0.15, 0.2) is 34.7 Å². The van der Waals surface area contributed by atoms with E-state index in [1.54, 1.807) is 5.01 Å². The van der Waals surface area contributed by atoms with Crippen molar-refractivity contribution in [2.45, 2.75) is 31.5 Å². The van der Waals surface area contributed by atoms with E-state index in [1.165, 1.54) is 28.9 Å². The summed E-state index contributed by atoms with van der Waals surface area (Å²) in [6.07, 6.45) is 1.90. The second kappa shape index (κ2) is 7.89. The highest BCUT2D eigenvalue weighted by molar-refractivity contribution is 5.96. The smallest absolute Gasteiger partial charge is 0.277 e. The number of carbonyl (C=O) groups is 1. The number of halogens is 4. The topological polar surface area (TPSA) is 65.8 Å². The maximum Gasteiger partial charge on any atom is 0.277 e. The second-order valence-electron chi connectivity index (χ2n) is 8.43. The summed E-state index contributed by atoms with van der Waals surface area (Å²) in [6.45, 7) is 0. The van der Waals surface area contributed by atoms with Gasteiger partial charge in [-0.3, -0.25) is 19.3 Å². The zero-order valence-corrected chi connectivity index (χ0v) is 17.9. The summed E-state index contributed by atoms with van der Waals surface area (Å²) in [6, 6.07) is 5.37. The molecule has 2 aliphatic heterocycles. The summed E-state index contributed by atoms with van der Waals surface area (Å²) in [5.74, 6) is -5.74. The Hall–Kier alpha value is -3.82. The highest BCUT2D eigenvalue weighted by Crippen LogP contribution is 2.40. The van der Waals surface area contributed by atoms with Gasteiger partial charge >= 0.3 is 0 Å². The molecule has 1 N–H and O–H groups in total. The summed E-state index contributed by atoms with van der Waals surface area (Å²) >= 11 is 0. The molecule has 2 aromatic carbocycles. The predicted molar refractivity (Wildman–Crippen MR) is 114 cm³/mol. The van der Waals surface area contributed by atoms with Crippen LogP contribution in [0, 0.1) is 23.3 Å². The van der Waals surface area contributed by atoms with Crippen molar-refractivity contribution in [2.75, 3.05) is 12.1 Å². The number of fused-ring (bicyclic) bond motifs is 4. The van der Waals surface area contributed by atoms with Crippen LogP contribution in [-0.2, 0) is 6.42 Å². The standard InChI is InChI=1S/C24H19F4N3O3/c1-29-20-4-2-3-12-9-17(27)18(28)11-14(12)21(13-5-6-15(25)16(26)10-13)31(20)30-8-7-19(32)23(33)22(30)24(29)34/h5-11,20-21,33H,2-4H2,1H3. The van der Waals surface area contributed by atoms with Gasteiger partial charge in [0.05, 0.1) is 6.04 Å². The van der Waals surface area contributed by atoms with Crippen LogP contribution in [0.15, 0.2) is 47.4 Å². The van der Waals surface area contributed by atoms with Gasteiger partial charge in [-0.05, 0) is 60.2 Å². The van der Waals surface area contributed by atoms with E-state index in [0.717, 1.165) is 30.3 Å². The third kappa shape index (κ3) is 3.24. The minimum atomic E-state index is -1.13. The average Bonchev–Trinajstić information content (AvgIpc) is 2.79. The second-order valence-corrected chi connectivity index (χ2v) is 8.43. The summed E-state index contributed by atoms with van der Waals surface area (Å²) in [5, 5.41) is 12.0. The first-order valence-corrected chi connectivity index (χ1v) is 10.6. The molecule has 10 heteroatoms. The molecule has 34 heavy (non-hydrogen) atoms. The molecule has 3 aromatic rings. The fourth-order valence-corrected chi connectivity index (χ4v) is 4.86. The molecule has 0 radical (unpaired) electrons. The Morgan fingerprint density at radius 1 is 0.941 bits per heavy atom. The summed E-state index contributed by atoms with van der Waals surface area (Å²) < 4.78 is 58.0. The molecule has 6 nitrogen and oxygen atoms in total. The van der Waals surface area contributed by atoms with E-state index in [2.05, 4.69) is 0 Å². The molecule has 176 valence electrons. The van der Waals surface area contributed by atoms with Crippen LogP contribution in [0.1, 0.15) is 46.1 Å². The average molecular weight is 473 g/mol. The minimum absolute atomic E-state index is 0.213. The van der Waals surface area contributed by atoms with Gasteiger partial charge < -0.3 is 10.0 Å². The molecule has 2 aliphatic rings. The van der Waals surface area contributed by atoms with Crippen LogP contribution < -0.4 is 10.4 Å². The van der Waals surface area contributed by atoms with E-state index in [4.69, 9.17) is 0 Å². The first-order valence-electron chi connectivity index (χ1n) is 10.6. The fraction of sp³-hybridized carbons (Fsp3) is 0.250. The number of nitrogens with zero attached hydrogens (tertiary/aromatic N) is 3. The monoisotopic (exact) mass is 473 g/mol. The molecule has 0 saturated heterocycles. The van der Waals surface area contributed by atoms with E-state index >= 15 is 0 Å². The van der Waals surface area contributed by atoms with Crippen LogP contribution in [0.3, 0.4) is 0 Å². The van der Waals surface area contributed by atoms with Gasteiger partial charge in [-0.2, -0.15) is 0 Å². The molecular weight excluding hydrogens is 454 g/mol. The zero-order valence-electron chi connectivity index (χ0n) is 17.9. The van der Waals surface area contributed by atoms with Crippen LogP contribution in [0.5, 0.6) is 5.75 Å². The SMILES string of the molecule is CN1C(=O)c2c(O)c(=O)ccn2N2C(c3ccc(F)c(F)c3)c3cc(F)c(F)cc3CCCC12. The third-order valence-electron chi connectivity index (χ3n) is 6.49. The number of aryl methyl sites for hydroxylation is 1. The molecule has 0 aliphatic carbocycles. The van der Waals surface area contributed by atoms with Crippen molar-refractivity contribution in [1.82, 2.24) is 9.58 Å². The summed E-state index contributed by atoms with van der Waals surface area (Å²) in [7, 11) is 1.50. The molecule has 0 bridgehead atoms. The van der Waals surface area contributed by atoms with Crippen molar-refractivity contribution in [3.8, 4) is 5.75 Å². The molecule has 0 fully saturated rings. The van der Waals surface area contributed by atoms with Gasteiger partial charge in [0.1, 0.15) is 6.17 Å². The molecule has 1 aromatic heterocycles. The first kappa shape index (κ1) is 22.0. The van der Waals surface area contributed by atoms with Crippen LogP contribution in [0.25, 0.3) is 0 Å². The van der Waals surface area contributed by atoms with E-state index in [9.17, 15) is 32.3 Å². The van der Waals surface area contributed by atoms with Crippen LogP contribution in [0.2, 0.25) is 0 Å². The minimum Gasteiger partial charge on any atom is -0.502 e. The maximum absolute atomic E-state index is 14.5. The van der Waals surface area contributed by atoms with E-state index in [1.807, 2.05) is 0 Å². The lowest BCUT2D eigenvalue weighted by atomic mass is 9.88. The Morgan fingerprint density at radius 3 is 2.38 bits per heavy atom. The first-order chi connectivity index (χ1) is 16.2. The summed E-state index contributed by atoms with van der Waals surface area (Å²) in [5.41, 5.74) is -0.107. The number of amides is 1. The number of rotatable bonds is 1. The number of aromatic nitrogens is 1. The highest BCUT2D eigenvalue weighted by Gasteiger charge is 2.43. The highest BCUT2D eigenvalue weighted by atomic mass is 19.2. The van der Waals surface area contributed by atoms with Gasteiger partial charge in [0, 0.05) is 19.3 Å². The Morgan fingerprint density at radius 2 is 1.65 bits per heavy atom. The van der Waals surface area contributed by atoms with Crippen molar-refractivity contribution < 1.29 is 27.5 Å². The Labute approximate surface area is 191 Å². The normalized spacial score (nSPS) is 19.7. The molecule has 3 heterocycles. The zero-order chi connectivity index (χ0) is 24.3. The third-order valence-corrected chi connectivity index (χ3v) is 6.49. The molecule has 2 atom stereocenters. The molecule has 0 saturated carbocycles. The molecule has 1 amide bonds. The Balaban J connectivity index is 1.86. The molecular formula is C24H19F4N3O3. The molecule has 2 unspecified atom stereocenters. The quantitative estimate of drug-likeness (QED) is 0.549. The Bertz CT molecular complexity index is 1390. The number of pyridine rings is 1. The van der Waals surface area contributed by atoms with Gasteiger partial charge in [-0.15, -0.1) is 0 Å². The largest absolute Gasteiger partial charge is 0.502 e. The molecule has 0 spiro atoms. The number of hydrogen-bond acceptors (Lipinski definition) is 4. The lowest BCUT2D eigenvalue weighted by Crippen LogP contribution is -2.61. The van der Waals surface area contributed by atoms with Crippen molar-refractivity contribution in [1.29, 1.82) is 0 Å². The van der Waals surface area contributed by atoms with Crippen molar-refractivity contribution >= 4 is 5.91 Å². The number of carbonyl (C=O) groups excluding carboxylic acids is 1. The summed E-state index contributed by atoms with van der Waals surface area (Å²) in [4.78, 5) is 26.5. The number of hydrogen-bond donors (Lipinski definition) is 1. The van der Waals surface area contributed by atoms with Crippen molar-refractivity contribution in [3.05, 3.63) is 98.5 Å². The van der Waals surface area contributed by atoms with E-state index < -0.39 is 52.6 Å². The van der Waals surface area contributed by atoms with Gasteiger partial charge in [-0.25, -0.2) is 17.6 Å². The van der Waals surface area contributed by atoms with Crippen molar-refractivity contribution in [2.24, 2.45) is 0 Å². The maximum atomic E-state index is 14.5. The van der Waals surface area contributed by atoms with E-state index in [0.29, 0.717) is 30.4 Å². The van der Waals surface area contributed by atoms with Gasteiger partial charge in [0.25, 0.3) is 5.91 Å². The van der Waals surface area contributed by atoms with Crippen LogP contribution in [-0.4, -0.2) is 33.8 Å². The van der Waals surface area contributed by atoms with Crippen molar-refractivity contribution in [3.63, 3.8) is 0 Å². The number of aromatic hydroxyl groups is 1. The predicted octanol–water partition coefficient (Wildman–Crippen LogP) is 3.59. The van der Waals surface area contributed by atoms with Gasteiger partial charge in [0.2, 0.25) is 5.43 Å². The van der Waals surface area contributed by atoms with Crippen LogP contribution in [0.4, 0.5) is 17.6 Å². The van der Waals surface area contributed by atoms with Gasteiger partial charge in [-0.1, -0.05) is 6.07 Å². The fourth-order valence-electron chi connectivity index (χ4n) is 4.86. The van der Waals surface area contributed by atoms with E-state index in [-0.39, 0.29) is 11.3 Å². The lowest BCUT2D eigenvalue weighted by Gasteiger charge is -2.50. The Kier molecular flexibility index (Phi) is 5.11. The van der Waals surface area contributed by atoms with Crippen LogP contribution >= 0.6 is 0 Å². The number of benzene rings is 2. The molecule has 5 rings (SSSR count).